The maximum Gasteiger partial charge on any atom is 0.208 e. The highest BCUT2D eigenvalue weighted by molar-refractivity contribution is 7.88. The highest BCUT2D eigenvalue weighted by atomic mass is 32.2. The summed E-state index contributed by atoms with van der Waals surface area (Å²) in [5.74, 6) is 0.264. The normalized spacial score (nSPS) is 13.6. The van der Waals surface area contributed by atoms with E-state index >= 15 is 0 Å². The van der Waals surface area contributed by atoms with Crippen LogP contribution in [0, 0.1) is 5.92 Å². The minimum Gasteiger partial charge on any atom is -0.215 e. The molecule has 0 aromatic heterocycles. The minimum atomic E-state index is -3.10. The van der Waals surface area contributed by atoms with E-state index in [4.69, 9.17) is 0 Å². The Morgan fingerprint density at radius 2 is 1.79 bits per heavy atom. The van der Waals surface area contributed by atoms with Gasteiger partial charge in [-0.15, -0.1) is 0 Å². The van der Waals surface area contributed by atoms with Crippen molar-refractivity contribution in [3.8, 4) is 0 Å². The van der Waals surface area contributed by atoms with Crippen molar-refractivity contribution in [2.75, 3.05) is 12.8 Å². The second-order valence-corrected chi connectivity index (χ2v) is 6.90. The fourth-order valence-electron chi connectivity index (χ4n) is 2.21. The Morgan fingerprint density at radius 3 is 2.53 bits per heavy atom. The number of hydrogen-bond donors (Lipinski definition) is 1. The van der Waals surface area contributed by atoms with Gasteiger partial charge in [0, 0.05) is 6.54 Å². The third kappa shape index (κ3) is 4.04. The quantitative estimate of drug-likeness (QED) is 0.913. The molecule has 0 unspecified atom stereocenters. The van der Waals surface area contributed by atoms with Crippen LogP contribution in [0.25, 0.3) is 10.8 Å². The lowest BCUT2D eigenvalue weighted by atomic mass is 9.96. The molecule has 0 aliphatic rings. The van der Waals surface area contributed by atoms with Gasteiger partial charge < -0.3 is 0 Å². The fraction of sp³-hybridized carbons (Fsp3) is 0.333. The molecule has 0 aliphatic carbocycles. The van der Waals surface area contributed by atoms with Crippen molar-refractivity contribution in [2.24, 2.45) is 5.92 Å². The molecular formula is C15H19NO2S. The zero-order valence-corrected chi connectivity index (χ0v) is 12.1. The van der Waals surface area contributed by atoms with Gasteiger partial charge in [0.1, 0.15) is 0 Å². The van der Waals surface area contributed by atoms with Crippen LogP contribution in [0.2, 0.25) is 0 Å². The summed E-state index contributed by atoms with van der Waals surface area (Å²) in [5, 5.41) is 2.47. The van der Waals surface area contributed by atoms with Gasteiger partial charge in [-0.2, -0.15) is 0 Å². The SMILES string of the molecule is C[C@H](CNS(C)(=O)=O)Cc1cccc2ccccc12. The summed E-state index contributed by atoms with van der Waals surface area (Å²) < 4.78 is 24.7. The van der Waals surface area contributed by atoms with Gasteiger partial charge in [-0.1, -0.05) is 49.4 Å². The van der Waals surface area contributed by atoms with Crippen molar-refractivity contribution in [2.45, 2.75) is 13.3 Å². The number of sulfonamides is 1. The van der Waals surface area contributed by atoms with Crippen molar-refractivity contribution < 1.29 is 8.42 Å². The molecule has 0 aliphatic heterocycles. The van der Waals surface area contributed by atoms with E-state index in [0.29, 0.717) is 6.54 Å². The monoisotopic (exact) mass is 277 g/mol. The van der Waals surface area contributed by atoms with Crippen molar-refractivity contribution in [3.05, 3.63) is 48.0 Å². The van der Waals surface area contributed by atoms with Crippen molar-refractivity contribution in [1.29, 1.82) is 0 Å². The Balaban J connectivity index is 2.13. The van der Waals surface area contributed by atoms with E-state index in [1.807, 2.05) is 18.2 Å². The summed E-state index contributed by atoms with van der Waals surface area (Å²) in [6.45, 7) is 2.53. The molecule has 1 atom stereocenters. The third-order valence-electron chi connectivity index (χ3n) is 3.14. The lowest BCUT2D eigenvalue weighted by Crippen LogP contribution is -2.28. The van der Waals surface area contributed by atoms with Crippen LogP contribution >= 0.6 is 0 Å². The van der Waals surface area contributed by atoms with Gasteiger partial charge in [0.25, 0.3) is 0 Å². The Kier molecular flexibility index (Phi) is 4.22. The van der Waals surface area contributed by atoms with E-state index < -0.39 is 10.0 Å². The van der Waals surface area contributed by atoms with E-state index in [0.717, 1.165) is 6.42 Å². The maximum absolute atomic E-state index is 11.1. The van der Waals surface area contributed by atoms with Crippen LogP contribution in [0.15, 0.2) is 42.5 Å². The van der Waals surface area contributed by atoms with E-state index in [1.54, 1.807) is 0 Å². The number of benzene rings is 2. The molecule has 2 aromatic rings. The third-order valence-corrected chi connectivity index (χ3v) is 3.83. The highest BCUT2D eigenvalue weighted by Gasteiger charge is 2.09. The molecule has 0 fully saturated rings. The number of rotatable bonds is 5. The summed E-state index contributed by atoms with van der Waals surface area (Å²) in [6.07, 6.45) is 2.06. The maximum atomic E-state index is 11.1. The second kappa shape index (κ2) is 5.72. The minimum absolute atomic E-state index is 0.264. The molecule has 4 heteroatoms. The zero-order chi connectivity index (χ0) is 13.9. The van der Waals surface area contributed by atoms with Gasteiger partial charge in [0.15, 0.2) is 0 Å². The smallest absolute Gasteiger partial charge is 0.208 e. The van der Waals surface area contributed by atoms with Gasteiger partial charge in [-0.05, 0) is 28.7 Å². The summed E-state index contributed by atoms with van der Waals surface area (Å²) in [5.41, 5.74) is 1.26. The van der Waals surface area contributed by atoms with Crippen LogP contribution in [0.3, 0.4) is 0 Å². The topological polar surface area (TPSA) is 46.2 Å². The van der Waals surface area contributed by atoms with Crippen molar-refractivity contribution in [3.63, 3.8) is 0 Å². The number of nitrogens with one attached hydrogen (secondary N) is 1. The number of hydrogen-bond acceptors (Lipinski definition) is 2. The molecule has 0 amide bonds. The first-order chi connectivity index (χ1) is 8.96. The van der Waals surface area contributed by atoms with Crippen molar-refractivity contribution >= 4 is 20.8 Å². The molecule has 0 heterocycles. The first-order valence-electron chi connectivity index (χ1n) is 6.37. The lowest BCUT2D eigenvalue weighted by Gasteiger charge is -2.13. The van der Waals surface area contributed by atoms with Gasteiger partial charge in [-0.25, -0.2) is 13.1 Å². The molecule has 0 spiro atoms. The van der Waals surface area contributed by atoms with Crippen LogP contribution in [0.4, 0.5) is 0 Å². The first-order valence-corrected chi connectivity index (χ1v) is 8.26. The molecule has 0 saturated carbocycles. The Hall–Kier alpha value is -1.39. The molecule has 102 valence electrons. The van der Waals surface area contributed by atoms with Gasteiger partial charge in [0.2, 0.25) is 10.0 Å². The Labute approximate surface area is 114 Å². The van der Waals surface area contributed by atoms with Crippen LogP contribution in [0.5, 0.6) is 0 Å². The summed E-state index contributed by atoms with van der Waals surface area (Å²) in [6, 6.07) is 14.5. The Bertz CT molecular complexity index is 659. The highest BCUT2D eigenvalue weighted by Crippen LogP contribution is 2.21. The molecule has 2 rings (SSSR count). The van der Waals surface area contributed by atoms with Crippen LogP contribution < -0.4 is 4.72 Å². The fourth-order valence-corrected chi connectivity index (χ4v) is 2.80. The summed E-state index contributed by atoms with van der Waals surface area (Å²) in [4.78, 5) is 0. The second-order valence-electron chi connectivity index (χ2n) is 5.07. The van der Waals surface area contributed by atoms with Crippen LogP contribution in [-0.4, -0.2) is 21.2 Å². The molecule has 0 bridgehead atoms. The molecule has 19 heavy (non-hydrogen) atoms. The Morgan fingerprint density at radius 1 is 1.11 bits per heavy atom. The average Bonchev–Trinajstić information content (AvgIpc) is 2.36. The molecule has 2 aromatic carbocycles. The summed E-state index contributed by atoms with van der Waals surface area (Å²) >= 11 is 0. The predicted molar refractivity (Wildman–Crippen MR) is 79.7 cm³/mol. The number of fused-ring (bicyclic) bond motifs is 1. The van der Waals surface area contributed by atoms with E-state index in [-0.39, 0.29) is 5.92 Å². The zero-order valence-electron chi connectivity index (χ0n) is 11.3. The standard InChI is InChI=1S/C15H19NO2S/c1-12(11-16-19(2,17)18)10-14-8-5-7-13-6-3-4-9-15(13)14/h3-9,12,16H,10-11H2,1-2H3/t12-/m0/s1. The van der Waals surface area contributed by atoms with Crippen LogP contribution in [-0.2, 0) is 16.4 Å². The molecule has 1 N–H and O–H groups in total. The molecular weight excluding hydrogens is 258 g/mol. The first kappa shape index (κ1) is 14.0. The van der Waals surface area contributed by atoms with E-state index in [9.17, 15) is 8.42 Å². The van der Waals surface area contributed by atoms with Gasteiger partial charge >= 0.3 is 0 Å². The van der Waals surface area contributed by atoms with E-state index in [2.05, 4.69) is 35.9 Å². The average molecular weight is 277 g/mol. The largest absolute Gasteiger partial charge is 0.215 e. The molecule has 0 radical (unpaired) electrons. The predicted octanol–water partition coefficient (Wildman–Crippen LogP) is 2.57. The van der Waals surface area contributed by atoms with Gasteiger partial charge in [-0.3, -0.25) is 0 Å². The lowest BCUT2D eigenvalue weighted by molar-refractivity contribution is 0.541. The molecule has 3 nitrogen and oxygen atoms in total. The van der Waals surface area contributed by atoms with Crippen LogP contribution in [0.1, 0.15) is 12.5 Å². The van der Waals surface area contributed by atoms with Crippen molar-refractivity contribution in [1.82, 2.24) is 4.72 Å². The molecule has 0 saturated heterocycles. The van der Waals surface area contributed by atoms with E-state index in [1.165, 1.54) is 22.6 Å². The van der Waals surface area contributed by atoms with Gasteiger partial charge in [0.05, 0.1) is 6.26 Å². The summed E-state index contributed by atoms with van der Waals surface area (Å²) in [7, 11) is -3.10.